The molecule has 5 heteroatoms. The fourth-order valence-corrected chi connectivity index (χ4v) is 3.56. The summed E-state index contributed by atoms with van der Waals surface area (Å²) in [7, 11) is 1.72. The highest BCUT2D eigenvalue weighted by molar-refractivity contribution is 7.11. The van der Waals surface area contributed by atoms with Gasteiger partial charge in [0.2, 0.25) is 0 Å². The first-order valence-corrected chi connectivity index (χ1v) is 8.23. The average molecular weight is 283 g/mol. The molecule has 19 heavy (non-hydrogen) atoms. The Morgan fingerprint density at radius 3 is 2.63 bits per heavy atom. The summed E-state index contributed by atoms with van der Waals surface area (Å²) in [6.45, 7) is 2.43. The van der Waals surface area contributed by atoms with Crippen molar-refractivity contribution in [3.8, 4) is 0 Å². The van der Waals surface area contributed by atoms with Gasteiger partial charge in [0, 0.05) is 26.1 Å². The molecule has 0 radical (unpaired) electrons. The van der Waals surface area contributed by atoms with Crippen molar-refractivity contribution >= 4 is 11.3 Å². The van der Waals surface area contributed by atoms with Crippen molar-refractivity contribution in [2.24, 2.45) is 0 Å². The minimum Gasteiger partial charge on any atom is -0.383 e. The van der Waals surface area contributed by atoms with E-state index in [1.54, 1.807) is 18.4 Å². The average Bonchev–Trinajstić information content (AvgIpc) is 2.83. The summed E-state index contributed by atoms with van der Waals surface area (Å²) in [5, 5.41) is 14.4. The molecule has 0 saturated heterocycles. The first-order chi connectivity index (χ1) is 9.40. The van der Waals surface area contributed by atoms with Crippen LogP contribution in [-0.4, -0.2) is 30.5 Å². The molecule has 2 rings (SSSR count). The van der Waals surface area contributed by atoms with Crippen LogP contribution in [0.5, 0.6) is 0 Å². The van der Waals surface area contributed by atoms with Crippen LogP contribution in [0.4, 0.5) is 0 Å². The largest absolute Gasteiger partial charge is 0.383 e. The van der Waals surface area contributed by atoms with E-state index < -0.39 is 0 Å². The van der Waals surface area contributed by atoms with Crippen molar-refractivity contribution in [2.75, 3.05) is 20.3 Å². The van der Waals surface area contributed by atoms with Gasteiger partial charge in [-0.15, -0.1) is 10.2 Å². The first kappa shape index (κ1) is 14.9. The summed E-state index contributed by atoms with van der Waals surface area (Å²) in [4.78, 5) is 0. The molecule has 0 spiro atoms. The van der Waals surface area contributed by atoms with Gasteiger partial charge in [0.15, 0.2) is 0 Å². The lowest BCUT2D eigenvalue weighted by molar-refractivity contribution is 0.199. The number of aromatic nitrogens is 2. The van der Waals surface area contributed by atoms with E-state index in [0.717, 1.165) is 24.7 Å². The van der Waals surface area contributed by atoms with Crippen LogP contribution in [-0.2, 0) is 11.3 Å². The van der Waals surface area contributed by atoms with Gasteiger partial charge in [0.1, 0.15) is 10.0 Å². The number of ether oxygens (including phenoxy) is 1. The van der Waals surface area contributed by atoms with Crippen molar-refractivity contribution in [2.45, 2.75) is 57.4 Å². The van der Waals surface area contributed by atoms with Gasteiger partial charge in [0.25, 0.3) is 0 Å². The summed E-state index contributed by atoms with van der Waals surface area (Å²) in [5.74, 6) is 0.658. The highest BCUT2D eigenvalue weighted by Crippen LogP contribution is 2.32. The van der Waals surface area contributed by atoms with Gasteiger partial charge in [-0.05, 0) is 12.8 Å². The Labute approximate surface area is 120 Å². The SMILES string of the molecule is COCCNCc1nnc(C2CCCCCCC2)s1. The molecule has 0 amide bonds. The van der Waals surface area contributed by atoms with Gasteiger partial charge in [-0.3, -0.25) is 0 Å². The van der Waals surface area contributed by atoms with Crippen LogP contribution in [0.15, 0.2) is 0 Å². The monoisotopic (exact) mass is 283 g/mol. The topological polar surface area (TPSA) is 47.0 Å². The van der Waals surface area contributed by atoms with Crippen LogP contribution in [0.25, 0.3) is 0 Å². The summed E-state index contributed by atoms with van der Waals surface area (Å²) in [6, 6.07) is 0. The Balaban J connectivity index is 1.81. The fraction of sp³-hybridized carbons (Fsp3) is 0.857. The first-order valence-electron chi connectivity index (χ1n) is 7.42. The van der Waals surface area contributed by atoms with E-state index in [1.165, 1.54) is 50.0 Å². The van der Waals surface area contributed by atoms with Crippen molar-refractivity contribution < 1.29 is 4.74 Å². The molecule has 1 heterocycles. The van der Waals surface area contributed by atoms with Crippen molar-refractivity contribution in [1.82, 2.24) is 15.5 Å². The van der Waals surface area contributed by atoms with Gasteiger partial charge < -0.3 is 10.1 Å². The summed E-state index contributed by atoms with van der Waals surface area (Å²) in [6.07, 6.45) is 9.49. The van der Waals surface area contributed by atoms with E-state index >= 15 is 0 Å². The number of hydrogen-bond acceptors (Lipinski definition) is 5. The summed E-state index contributed by atoms with van der Waals surface area (Å²) >= 11 is 1.79. The van der Waals surface area contributed by atoms with Crippen LogP contribution < -0.4 is 5.32 Å². The molecule has 108 valence electrons. The maximum Gasteiger partial charge on any atom is 0.131 e. The summed E-state index contributed by atoms with van der Waals surface area (Å²) < 4.78 is 5.01. The molecule has 0 unspecified atom stereocenters. The fourth-order valence-electron chi connectivity index (χ4n) is 2.58. The third-order valence-corrected chi connectivity index (χ3v) is 4.78. The van der Waals surface area contributed by atoms with Crippen molar-refractivity contribution in [3.63, 3.8) is 0 Å². The highest BCUT2D eigenvalue weighted by atomic mass is 32.1. The lowest BCUT2D eigenvalue weighted by Gasteiger charge is -2.16. The van der Waals surface area contributed by atoms with E-state index in [9.17, 15) is 0 Å². The highest BCUT2D eigenvalue weighted by Gasteiger charge is 2.17. The Hall–Kier alpha value is -0.520. The molecule has 4 nitrogen and oxygen atoms in total. The Morgan fingerprint density at radius 1 is 1.16 bits per heavy atom. The maximum atomic E-state index is 5.01. The zero-order valence-corrected chi connectivity index (χ0v) is 12.7. The lowest BCUT2D eigenvalue weighted by Crippen LogP contribution is -2.18. The Morgan fingerprint density at radius 2 is 1.89 bits per heavy atom. The van der Waals surface area contributed by atoms with Gasteiger partial charge in [-0.2, -0.15) is 0 Å². The van der Waals surface area contributed by atoms with E-state index in [2.05, 4.69) is 15.5 Å². The minimum atomic E-state index is 0.658. The van der Waals surface area contributed by atoms with Crippen LogP contribution in [0, 0.1) is 0 Å². The van der Waals surface area contributed by atoms with Crippen molar-refractivity contribution in [1.29, 1.82) is 0 Å². The molecular formula is C14H25N3OS. The quantitative estimate of drug-likeness (QED) is 0.815. The zero-order chi connectivity index (χ0) is 13.3. The van der Waals surface area contributed by atoms with E-state index in [-0.39, 0.29) is 0 Å². The lowest BCUT2D eigenvalue weighted by atomic mass is 9.92. The van der Waals surface area contributed by atoms with Gasteiger partial charge in [-0.25, -0.2) is 0 Å². The normalized spacial score (nSPS) is 18.2. The molecule has 1 aromatic heterocycles. The number of rotatable bonds is 6. The number of nitrogens with zero attached hydrogens (tertiary/aromatic N) is 2. The Bertz CT molecular complexity index is 348. The van der Waals surface area contributed by atoms with Gasteiger partial charge >= 0.3 is 0 Å². The second kappa shape index (κ2) is 8.61. The van der Waals surface area contributed by atoms with Crippen molar-refractivity contribution in [3.05, 3.63) is 10.0 Å². The van der Waals surface area contributed by atoms with E-state index in [1.807, 2.05) is 0 Å². The molecule has 1 aromatic rings. The van der Waals surface area contributed by atoms with Gasteiger partial charge in [-0.1, -0.05) is 43.4 Å². The molecule has 0 aliphatic heterocycles. The standard InChI is InChI=1S/C14H25N3OS/c1-18-10-9-15-11-13-16-17-14(19-13)12-7-5-3-2-4-6-8-12/h12,15H,2-11H2,1H3. The van der Waals surface area contributed by atoms with E-state index in [0.29, 0.717) is 5.92 Å². The predicted molar refractivity (Wildman–Crippen MR) is 78.6 cm³/mol. The molecule has 1 N–H and O–H groups in total. The third-order valence-electron chi connectivity index (χ3n) is 3.70. The zero-order valence-electron chi connectivity index (χ0n) is 11.9. The molecule has 1 aliphatic carbocycles. The molecule has 0 aromatic carbocycles. The molecule has 1 aliphatic rings. The Kier molecular flexibility index (Phi) is 6.74. The molecule has 0 bridgehead atoms. The summed E-state index contributed by atoms with van der Waals surface area (Å²) in [5.41, 5.74) is 0. The minimum absolute atomic E-state index is 0.658. The second-order valence-corrected chi connectivity index (χ2v) is 6.34. The molecule has 0 atom stereocenters. The molecular weight excluding hydrogens is 258 g/mol. The number of nitrogens with one attached hydrogen (secondary N) is 1. The smallest absolute Gasteiger partial charge is 0.131 e. The van der Waals surface area contributed by atoms with E-state index in [4.69, 9.17) is 4.74 Å². The molecule has 1 fully saturated rings. The maximum absolute atomic E-state index is 5.01. The molecule has 1 saturated carbocycles. The van der Waals surface area contributed by atoms with Crippen LogP contribution in [0.3, 0.4) is 0 Å². The predicted octanol–water partition coefficient (Wildman–Crippen LogP) is 3.10. The van der Waals surface area contributed by atoms with Crippen LogP contribution in [0.2, 0.25) is 0 Å². The third kappa shape index (κ3) is 5.16. The van der Waals surface area contributed by atoms with Crippen LogP contribution in [0.1, 0.15) is 60.9 Å². The second-order valence-electron chi connectivity index (χ2n) is 5.25. The number of hydrogen-bond donors (Lipinski definition) is 1. The number of methoxy groups -OCH3 is 1. The van der Waals surface area contributed by atoms with Gasteiger partial charge in [0.05, 0.1) is 6.61 Å². The van der Waals surface area contributed by atoms with Crippen LogP contribution >= 0.6 is 11.3 Å².